The standard InChI is InChI=1S/C9H9ClO.C4H11N.C2H6/c1-7(11)6-8-2-4-9(10)5-3-8;1-4(2,3)5;1-2/h2-5H,6H2,1H3;5H2,1-3H3;1-2H3. The highest BCUT2D eigenvalue weighted by atomic mass is 35.5. The predicted octanol–water partition coefficient (Wildman–Crippen LogP) is 4.24. The van der Waals surface area contributed by atoms with Gasteiger partial charge in [-0.1, -0.05) is 37.6 Å². The summed E-state index contributed by atoms with van der Waals surface area (Å²) in [6, 6.07) is 7.31. The van der Waals surface area contributed by atoms with Crippen molar-refractivity contribution in [3.05, 3.63) is 34.9 Å². The van der Waals surface area contributed by atoms with Crippen LogP contribution in [-0.2, 0) is 11.2 Å². The number of carbonyl (C=O) groups is 1. The molecule has 0 bridgehead atoms. The normalized spacial score (nSPS) is 9.56. The molecule has 2 N–H and O–H groups in total. The van der Waals surface area contributed by atoms with E-state index in [0.29, 0.717) is 11.4 Å². The molecular formula is C15H26ClNO. The molecule has 0 amide bonds. The van der Waals surface area contributed by atoms with Crippen molar-refractivity contribution >= 4 is 17.4 Å². The molecular weight excluding hydrogens is 246 g/mol. The van der Waals surface area contributed by atoms with Crippen molar-refractivity contribution in [1.82, 2.24) is 0 Å². The summed E-state index contributed by atoms with van der Waals surface area (Å²) in [7, 11) is 0. The van der Waals surface area contributed by atoms with Crippen LogP contribution < -0.4 is 5.73 Å². The Kier molecular flexibility index (Phi) is 10.9. The highest BCUT2D eigenvalue weighted by Crippen LogP contribution is 2.09. The molecule has 1 aromatic rings. The molecule has 0 aliphatic carbocycles. The van der Waals surface area contributed by atoms with E-state index in [2.05, 4.69) is 0 Å². The third kappa shape index (κ3) is 17.5. The average Bonchev–Trinajstić information content (AvgIpc) is 2.21. The van der Waals surface area contributed by atoms with Crippen LogP contribution in [0.3, 0.4) is 0 Å². The third-order valence-electron chi connectivity index (χ3n) is 1.37. The fourth-order valence-electron chi connectivity index (χ4n) is 0.890. The molecule has 2 nitrogen and oxygen atoms in total. The molecule has 0 heterocycles. The number of rotatable bonds is 2. The Morgan fingerprint density at radius 3 is 1.78 bits per heavy atom. The molecule has 0 aliphatic rings. The zero-order valence-electron chi connectivity index (χ0n) is 12.4. The molecule has 0 spiro atoms. The van der Waals surface area contributed by atoms with Crippen LogP contribution in [0.1, 0.15) is 47.1 Å². The van der Waals surface area contributed by atoms with Crippen molar-refractivity contribution in [2.24, 2.45) is 5.73 Å². The van der Waals surface area contributed by atoms with Gasteiger partial charge in [-0.2, -0.15) is 0 Å². The topological polar surface area (TPSA) is 43.1 Å². The lowest BCUT2D eigenvalue weighted by Crippen LogP contribution is -2.26. The minimum Gasteiger partial charge on any atom is -0.326 e. The zero-order valence-corrected chi connectivity index (χ0v) is 13.1. The van der Waals surface area contributed by atoms with E-state index in [1.807, 2.05) is 46.8 Å². The largest absolute Gasteiger partial charge is 0.326 e. The number of carbonyl (C=O) groups excluding carboxylic acids is 1. The predicted molar refractivity (Wildman–Crippen MR) is 81.1 cm³/mol. The van der Waals surface area contributed by atoms with Gasteiger partial charge < -0.3 is 5.73 Å². The van der Waals surface area contributed by atoms with Crippen LogP contribution in [0.5, 0.6) is 0 Å². The van der Waals surface area contributed by atoms with E-state index in [0.717, 1.165) is 5.56 Å². The lowest BCUT2D eigenvalue weighted by atomic mass is 10.1. The van der Waals surface area contributed by atoms with E-state index < -0.39 is 0 Å². The van der Waals surface area contributed by atoms with Gasteiger partial charge in [0, 0.05) is 17.0 Å². The van der Waals surface area contributed by atoms with Gasteiger partial charge in [0.1, 0.15) is 5.78 Å². The number of Topliss-reactive ketones (excluding diaryl/α,β-unsaturated/α-hetero) is 1. The molecule has 0 fully saturated rings. The summed E-state index contributed by atoms with van der Waals surface area (Å²) in [5, 5.41) is 0.706. The van der Waals surface area contributed by atoms with Crippen LogP contribution in [0.2, 0.25) is 5.02 Å². The fraction of sp³-hybridized carbons (Fsp3) is 0.533. The first-order valence-electron chi connectivity index (χ1n) is 6.21. The number of ketones is 1. The van der Waals surface area contributed by atoms with Gasteiger partial charge in [0.25, 0.3) is 0 Å². The van der Waals surface area contributed by atoms with Crippen molar-refractivity contribution in [3.8, 4) is 0 Å². The maximum Gasteiger partial charge on any atom is 0.134 e. The smallest absolute Gasteiger partial charge is 0.134 e. The highest BCUT2D eigenvalue weighted by molar-refractivity contribution is 6.30. The molecule has 0 atom stereocenters. The van der Waals surface area contributed by atoms with E-state index in [1.165, 1.54) is 0 Å². The summed E-state index contributed by atoms with van der Waals surface area (Å²) in [5.74, 6) is 0.173. The summed E-state index contributed by atoms with van der Waals surface area (Å²) in [5.41, 5.74) is 6.37. The Morgan fingerprint density at radius 2 is 1.50 bits per heavy atom. The molecule has 1 rings (SSSR count). The summed E-state index contributed by atoms with van der Waals surface area (Å²) in [6.07, 6.45) is 0.497. The number of benzene rings is 1. The van der Waals surface area contributed by atoms with E-state index in [1.54, 1.807) is 19.1 Å². The minimum atomic E-state index is 0. The SMILES string of the molecule is CC.CC(=O)Cc1ccc(Cl)cc1.CC(C)(C)N. The molecule has 1 aromatic carbocycles. The van der Waals surface area contributed by atoms with E-state index >= 15 is 0 Å². The highest BCUT2D eigenvalue weighted by Gasteiger charge is 1.96. The fourth-order valence-corrected chi connectivity index (χ4v) is 1.02. The van der Waals surface area contributed by atoms with Crippen molar-refractivity contribution < 1.29 is 4.79 Å². The molecule has 0 unspecified atom stereocenters. The number of hydrogen-bond donors (Lipinski definition) is 1. The molecule has 18 heavy (non-hydrogen) atoms. The van der Waals surface area contributed by atoms with Crippen LogP contribution >= 0.6 is 11.6 Å². The van der Waals surface area contributed by atoms with Gasteiger partial charge in [-0.05, 0) is 45.4 Å². The van der Waals surface area contributed by atoms with Crippen LogP contribution in [0.4, 0.5) is 0 Å². The van der Waals surface area contributed by atoms with E-state index in [4.69, 9.17) is 17.3 Å². The summed E-state index contributed by atoms with van der Waals surface area (Å²) >= 11 is 5.66. The summed E-state index contributed by atoms with van der Waals surface area (Å²) in [6.45, 7) is 11.5. The molecule has 104 valence electrons. The maximum atomic E-state index is 10.7. The molecule has 0 saturated carbocycles. The van der Waals surface area contributed by atoms with Gasteiger partial charge in [-0.3, -0.25) is 4.79 Å². The zero-order chi connectivity index (χ0) is 14.8. The maximum absolute atomic E-state index is 10.7. The van der Waals surface area contributed by atoms with Gasteiger partial charge in [0.15, 0.2) is 0 Å². The lowest BCUT2D eigenvalue weighted by Gasteiger charge is -2.06. The van der Waals surface area contributed by atoms with Gasteiger partial charge in [-0.15, -0.1) is 0 Å². The van der Waals surface area contributed by atoms with Crippen molar-refractivity contribution in [3.63, 3.8) is 0 Å². The Bertz CT molecular complexity index is 319. The minimum absolute atomic E-state index is 0. The van der Waals surface area contributed by atoms with E-state index in [-0.39, 0.29) is 11.3 Å². The second-order valence-electron chi connectivity index (χ2n) is 4.87. The van der Waals surface area contributed by atoms with Gasteiger partial charge in [0.05, 0.1) is 0 Å². The first kappa shape index (κ1) is 19.5. The molecule has 3 heteroatoms. The summed E-state index contributed by atoms with van der Waals surface area (Å²) in [4.78, 5) is 10.7. The Morgan fingerprint density at radius 1 is 1.17 bits per heavy atom. The number of nitrogens with two attached hydrogens (primary N) is 1. The van der Waals surface area contributed by atoms with Crippen LogP contribution in [0, 0.1) is 0 Å². The average molecular weight is 272 g/mol. The van der Waals surface area contributed by atoms with Crippen LogP contribution in [0.15, 0.2) is 24.3 Å². The number of halogens is 1. The van der Waals surface area contributed by atoms with Gasteiger partial charge in [0.2, 0.25) is 0 Å². The van der Waals surface area contributed by atoms with Crippen molar-refractivity contribution in [2.75, 3.05) is 0 Å². The summed E-state index contributed by atoms with van der Waals surface area (Å²) < 4.78 is 0. The third-order valence-corrected chi connectivity index (χ3v) is 1.62. The molecule has 0 aliphatic heterocycles. The quantitative estimate of drug-likeness (QED) is 0.874. The Hall–Kier alpha value is -0.860. The molecule has 0 aromatic heterocycles. The van der Waals surface area contributed by atoms with Crippen molar-refractivity contribution in [1.29, 1.82) is 0 Å². The van der Waals surface area contributed by atoms with Crippen molar-refractivity contribution in [2.45, 2.75) is 53.5 Å². The van der Waals surface area contributed by atoms with Gasteiger partial charge in [-0.25, -0.2) is 0 Å². The molecule has 0 radical (unpaired) electrons. The second-order valence-corrected chi connectivity index (χ2v) is 5.31. The van der Waals surface area contributed by atoms with Crippen LogP contribution in [-0.4, -0.2) is 11.3 Å². The Balaban J connectivity index is 0. The van der Waals surface area contributed by atoms with Crippen LogP contribution in [0.25, 0.3) is 0 Å². The Labute approximate surface area is 117 Å². The second kappa shape index (κ2) is 10.1. The van der Waals surface area contributed by atoms with Gasteiger partial charge >= 0.3 is 0 Å². The first-order valence-corrected chi connectivity index (χ1v) is 6.59. The molecule has 0 saturated heterocycles. The monoisotopic (exact) mass is 271 g/mol. The first-order chi connectivity index (χ1) is 8.18. The van der Waals surface area contributed by atoms with E-state index in [9.17, 15) is 4.79 Å². The lowest BCUT2D eigenvalue weighted by molar-refractivity contribution is -0.116. The number of hydrogen-bond acceptors (Lipinski definition) is 2.